The highest BCUT2D eigenvalue weighted by Gasteiger charge is 2.21. The molecule has 0 aliphatic heterocycles. The van der Waals surface area contributed by atoms with Gasteiger partial charge in [0.25, 0.3) is 0 Å². The number of nitrogens with two attached hydrogens (primary N) is 1. The monoisotopic (exact) mass is 375 g/mol. The standard InChI is InChI=1S/C14H21N3O5S2/c1-14(2,3)22-10(18)7-21-17-11(9-8-24-13(15)16-9)12(19)20-5-6-23-4/h8H,5-7H2,1-4H3,(H2,15,16)/b17-11-. The zero-order valence-corrected chi connectivity index (χ0v) is 15.7. The topological polar surface area (TPSA) is 113 Å². The summed E-state index contributed by atoms with van der Waals surface area (Å²) >= 11 is 2.69. The molecule has 1 aromatic heterocycles. The second-order valence-corrected chi connectivity index (χ2v) is 7.37. The highest BCUT2D eigenvalue weighted by atomic mass is 32.2. The number of aromatic nitrogens is 1. The van der Waals surface area contributed by atoms with E-state index >= 15 is 0 Å². The number of ether oxygens (including phenoxy) is 2. The van der Waals surface area contributed by atoms with Gasteiger partial charge in [-0.3, -0.25) is 0 Å². The highest BCUT2D eigenvalue weighted by molar-refractivity contribution is 7.98. The summed E-state index contributed by atoms with van der Waals surface area (Å²) in [6, 6.07) is 0. The summed E-state index contributed by atoms with van der Waals surface area (Å²) < 4.78 is 10.2. The van der Waals surface area contributed by atoms with E-state index < -0.39 is 24.1 Å². The molecule has 0 bridgehead atoms. The van der Waals surface area contributed by atoms with Gasteiger partial charge in [-0.1, -0.05) is 5.16 Å². The van der Waals surface area contributed by atoms with Crippen molar-refractivity contribution in [3.63, 3.8) is 0 Å². The van der Waals surface area contributed by atoms with E-state index in [9.17, 15) is 9.59 Å². The number of hydrogen-bond acceptors (Lipinski definition) is 10. The minimum atomic E-state index is -0.696. The van der Waals surface area contributed by atoms with Crippen LogP contribution in [0.2, 0.25) is 0 Å². The van der Waals surface area contributed by atoms with Gasteiger partial charge in [-0.15, -0.1) is 11.3 Å². The number of hydrogen-bond donors (Lipinski definition) is 1. The predicted molar refractivity (Wildman–Crippen MR) is 94.2 cm³/mol. The minimum Gasteiger partial charge on any atom is -0.460 e. The maximum absolute atomic E-state index is 12.1. The fourth-order valence-electron chi connectivity index (χ4n) is 1.39. The summed E-state index contributed by atoms with van der Waals surface area (Å²) in [7, 11) is 0. The van der Waals surface area contributed by atoms with Crippen LogP contribution in [0, 0.1) is 0 Å². The average Bonchev–Trinajstić information content (AvgIpc) is 2.88. The molecule has 1 aromatic rings. The fraction of sp³-hybridized carbons (Fsp3) is 0.571. The van der Waals surface area contributed by atoms with Gasteiger partial charge < -0.3 is 20.0 Å². The Hall–Kier alpha value is -1.81. The van der Waals surface area contributed by atoms with E-state index in [1.807, 2.05) is 6.26 Å². The quantitative estimate of drug-likeness (QED) is 0.316. The van der Waals surface area contributed by atoms with E-state index in [0.717, 1.165) is 11.3 Å². The third kappa shape index (κ3) is 7.64. The summed E-state index contributed by atoms with van der Waals surface area (Å²) in [5, 5.41) is 5.51. The molecule has 8 nitrogen and oxygen atoms in total. The zero-order chi connectivity index (χ0) is 18.2. The number of carbonyl (C=O) groups excluding carboxylic acids is 2. The van der Waals surface area contributed by atoms with E-state index in [1.165, 1.54) is 11.8 Å². The lowest BCUT2D eigenvalue weighted by atomic mass is 10.2. The number of rotatable bonds is 8. The molecule has 0 spiro atoms. The Labute approximate surface area is 148 Å². The molecule has 24 heavy (non-hydrogen) atoms. The van der Waals surface area contributed by atoms with Crippen LogP contribution < -0.4 is 5.73 Å². The fourth-order valence-corrected chi connectivity index (χ4v) is 2.19. The molecule has 0 aromatic carbocycles. The van der Waals surface area contributed by atoms with Crippen LogP contribution >= 0.6 is 23.1 Å². The molecular formula is C14H21N3O5S2. The first kappa shape index (κ1) is 20.2. The van der Waals surface area contributed by atoms with Crippen molar-refractivity contribution < 1.29 is 23.9 Å². The molecule has 10 heteroatoms. The van der Waals surface area contributed by atoms with Crippen molar-refractivity contribution in [3.8, 4) is 0 Å². The van der Waals surface area contributed by atoms with Gasteiger partial charge in [0.05, 0.1) is 0 Å². The Kier molecular flexibility index (Phi) is 7.99. The van der Waals surface area contributed by atoms with Crippen LogP contribution in [-0.4, -0.2) is 53.5 Å². The highest BCUT2D eigenvalue weighted by Crippen LogP contribution is 2.13. The molecule has 0 atom stereocenters. The first-order chi connectivity index (χ1) is 11.2. The Morgan fingerprint density at radius 2 is 2.12 bits per heavy atom. The van der Waals surface area contributed by atoms with E-state index in [-0.39, 0.29) is 23.1 Å². The largest absolute Gasteiger partial charge is 0.460 e. The van der Waals surface area contributed by atoms with Crippen LogP contribution in [0.3, 0.4) is 0 Å². The second-order valence-electron chi connectivity index (χ2n) is 5.50. The zero-order valence-electron chi connectivity index (χ0n) is 14.0. The Morgan fingerprint density at radius 1 is 1.42 bits per heavy atom. The predicted octanol–water partition coefficient (Wildman–Crippen LogP) is 1.69. The summed E-state index contributed by atoms with van der Waals surface area (Å²) in [5.74, 6) is -0.644. The van der Waals surface area contributed by atoms with Gasteiger partial charge >= 0.3 is 11.9 Å². The summed E-state index contributed by atoms with van der Waals surface area (Å²) in [6.07, 6.45) is 1.90. The van der Waals surface area contributed by atoms with Crippen LogP contribution in [0.1, 0.15) is 26.5 Å². The minimum absolute atomic E-state index is 0.146. The van der Waals surface area contributed by atoms with Gasteiger partial charge in [0, 0.05) is 11.1 Å². The van der Waals surface area contributed by atoms with Crippen LogP contribution in [0.25, 0.3) is 0 Å². The van der Waals surface area contributed by atoms with Gasteiger partial charge in [-0.2, -0.15) is 11.8 Å². The van der Waals surface area contributed by atoms with Crippen molar-refractivity contribution in [2.75, 3.05) is 31.0 Å². The van der Waals surface area contributed by atoms with Gasteiger partial charge in [-0.25, -0.2) is 14.6 Å². The lowest BCUT2D eigenvalue weighted by molar-refractivity contribution is -0.160. The molecule has 0 aliphatic rings. The Morgan fingerprint density at radius 3 is 2.67 bits per heavy atom. The number of nitrogen functional groups attached to an aromatic ring is 1. The van der Waals surface area contributed by atoms with E-state index in [2.05, 4.69) is 10.1 Å². The van der Waals surface area contributed by atoms with E-state index in [4.69, 9.17) is 20.0 Å². The third-order valence-corrected chi connectivity index (χ3v) is 3.49. The van der Waals surface area contributed by atoms with Crippen molar-refractivity contribution >= 4 is 45.9 Å². The maximum Gasteiger partial charge on any atom is 0.362 e. The molecule has 1 rings (SSSR count). The van der Waals surface area contributed by atoms with E-state index in [1.54, 1.807) is 26.2 Å². The lowest BCUT2D eigenvalue weighted by Crippen LogP contribution is -2.26. The van der Waals surface area contributed by atoms with Gasteiger partial charge in [0.1, 0.15) is 17.9 Å². The summed E-state index contributed by atoms with van der Waals surface area (Å²) in [5.41, 5.74) is 5.02. The molecule has 0 saturated heterocycles. The van der Waals surface area contributed by atoms with Crippen LogP contribution in [-0.2, 0) is 23.9 Å². The SMILES string of the molecule is CSCCOC(=O)/C(=N\OCC(=O)OC(C)(C)C)c1csc(N)n1. The third-order valence-electron chi connectivity index (χ3n) is 2.24. The molecule has 0 unspecified atom stereocenters. The van der Waals surface area contributed by atoms with Crippen molar-refractivity contribution in [1.29, 1.82) is 0 Å². The number of thiazole rings is 1. The van der Waals surface area contributed by atoms with Gasteiger partial charge in [0.15, 0.2) is 5.13 Å². The van der Waals surface area contributed by atoms with Crippen molar-refractivity contribution in [2.45, 2.75) is 26.4 Å². The molecule has 0 aliphatic carbocycles. The van der Waals surface area contributed by atoms with Crippen molar-refractivity contribution in [1.82, 2.24) is 4.98 Å². The summed E-state index contributed by atoms with van der Waals surface area (Å²) in [4.78, 5) is 32.6. The first-order valence-electron chi connectivity index (χ1n) is 7.02. The van der Waals surface area contributed by atoms with Crippen LogP contribution in [0.15, 0.2) is 10.5 Å². The molecule has 0 fully saturated rings. The smallest absolute Gasteiger partial charge is 0.362 e. The normalized spacial score (nSPS) is 11.9. The summed E-state index contributed by atoms with van der Waals surface area (Å²) in [6.45, 7) is 5.01. The average molecular weight is 375 g/mol. The molecule has 2 N–H and O–H groups in total. The lowest BCUT2D eigenvalue weighted by Gasteiger charge is -2.18. The number of anilines is 1. The molecule has 1 heterocycles. The molecular weight excluding hydrogens is 354 g/mol. The van der Waals surface area contributed by atoms with Crippen molar-refractivity contribution in [3.05, 3.63) is 11.1 Å². The Bertz CT molecular complexity index is 595. The number of nitrogens with zero attached hydrogens (tertiary/aromatic N) is 2. The maximum atomic E-state index is 12.1. The van der Waals surface area contributed by atoms with Crippen molar-refractivity contribution in [2.24, 2.45) is 5.16 Å². The van der Waals surface area contributed by atoms with Crippen LogP contribution in [0.5, 0.6) is 0 Å². The second kappa shape index (κ2) is 9.48. The molecule has 0 amide bonds. The number of oxime groups is 1. The molecule has 0 saturated carbocycles. The molecule has 0 radical (unpaired) electrons. The van der Waals surface area contributed by atoms with Gasteiger partial charge in [-0.05, 0) is 27.0 Å². The first-order valence-corrected chi connectivity index (χ1v) is 9.29. The number of carbonyl (C=O) groups is 2. The Balaban J connectivity index is 2.74. The van der Waals surface area contributed by atoms with E-state index in [0.29, 0.717) is 5.75 Å². The number of esters is 2. The number of thioether (sulfide) groups is 1. The van der Waals surface area contributed by atoms with Gasteiger partial charge in [0.2, 0.25) is 12.3 Å². The van der Waals surface area contributed by atoms with Crippen LogP contribution in [0.4, 0.5) is 5.13 Å². The molecule has 134 valence electrons.